The van der Waals surface area contributed by atoms with Gasteiger partial charge in [-0.15, -0.1) is 0 Å². The summed E-state index contributed by atoms with van der Waals surface area (Å²) >= 11 is 0. The molecule has 0 aliphatic carbocycles. The van der Waals surface area contributed by atoms with E-state index in [2.05, 4.69) is 43.1 Å². The van der Waals surface area contributed by atoms with Crippen LogP contribution in [0.4, 0.5) is 0 Å². The third-order valence-corrected chi connectivity index (χ3v) is 3.67. The van der Waals surface area contributed by atoms with E-state index < -0.39 is 0 Å². The van der Waals surface area contributed by atoms with Gasteiger partial charge in [0.25, 0.3) is 0 Å². The van der Waals surface area contributed by atoms with E-state index in [0.29, 0.717) is 6.04 Å². The van der Waals surface area contributed by atoms with E-state index in [1.54, 1.807) is 6.33 Å². The highest BCUT2D eigenvalue weighted by molar-refractivity contribution is 4.96. The molecule has 2 unspecified atom stereocenters. The lowest BCUT2D eigenvalue weighted by atomic mass is 9.95. The average molecular weight is 238 g/mol. The van der Waals surface area contributed by atoms with Gasteiger partial charge in [-0.1, -0.05) is 0 Å². The van der Waals surface area contributed by atoms with Crippen LogP contribution in [0.5, 0.6) is 0 Å². The molecule has 2 rings (SSSR count). The molecular weight excluding hydrogens is 216 g/mol. The standard InChI is InChI=1S/C12H22N4O/c1-9(2)16-11(13-8-15-16)7-14-12(4)5-6-17-10(12)3/h8-10,14H,5-7H2,1-4H3. The lowest BCUT2D eigenvalue weighted by Gasteiger charge is -2.29. The zero-order valence-electron chi connectivity index (χ0n) is 11.1. The van der Waals surface area contributed by atoms with Crippen LogP contribution in [0.1, 0.15) is 46.0 Å². The van der Waals surface area contributed by atoms with Gasteiger partial charge in [-0.3, -0.25) is 0 Å². The Morgan fingerprint density at radius 1 is 1.65 bits per heavy atom. The molecule has 17 heavy (non-hydrogen) atoms. The summed E-state index contributed by atoms with van der Waals surface area (Å²) in [5.74, 6) is 0.986. The second-order valence-corrected chi connectivity index (χ2v) is 5.25. The van der Waals surface area contributed by atoms with Crippen molar-refractivity contribution in [1.29, 1.82) is 0 Å². The summed E-state index contributed by atoms with van der Waals surface area (Å²) in [7, 11) is 0. The molecular formula is C12H22N4O. The van der Waals surface area contributed by atoms with E-state index >= 15 is 0 Å². The Balaban J connectivity index is 2.00. The molecule has 0 spiro atoms. The predicted molar refractivity (Wildman–Crippen MR) is 65.7 cm³/mol. The lowest BCUT2D eigenvalue weighted by molar-refractivity contribution is 0.0877. The van der Waals surface area contributed by atoms with Crippen molar-refractivity contribution in [2.45, 2.75) is 58.3 Å². The Bertz CT molecular complexity index is 376. The fourth-order valence-electron chi connectivity index (χ4n) is 2.18. The maximum absolute atomic E-state index is 5.61. The molecule has 0 saturated carbocycles. The highest BCUT2D eigenvalue weighted by Crippen LogP contribution is 2.25. The number of hydrogen-bond donors (Lipinski definition) is 1. The molecule has 0 radical (unpaired) electrons. The van der Waals surface area contributed by atoms with Crippen LogP contribution in [0.25, 0.3) is 0 Å². The Kier molecular flexibility index (Phi) is 3.49. The quantitative estimate of drug-likeness (QED) is 0.864. The molecule has 5 nitrogen and oxygen atoms in total. The molecule has 1 aromatic rings. The first-order chi connectivity index (χ1) is 8.03. The molecule has 1 N–H and O–H groups in total. The van der Waals surface area contributed by atoms with Gasteiger partial charge in [-0.05, 0) is 34.1 Å². The second-order valence-electron chi connectivity index (χ2n) is 5.25. The predicted octanol–water partition coefficient (Wildman–Crippen LogP) is 1.52. The smallest absolute Gasteiger partial charge is 0.141 e. The summed E-state index contributed by atoms with van der Waals surface area (Å²) in [6, 6.07) is 0.347. The number of nitrogens with one attached hydrogen (secondary N) is 1. The molecule has 0 amide bonds. The van der Waals surface area contributed by atoms with Gasteiger partial charge in [0.2, 0.25) is 0 Å². The van der Waals surface area contributed by atoms with Crippen LogP contribution < -0.4 is 5.32 Å². The molecule has 1 fully saturated rings. The number of ether oxygens (including phenoxy) is 1. The minimum Gasteiger partial charge on any atom is -0.377 e. The Morgan fingerprint density at radius 2 is 2.41 bits per heavy atom. The van der Waals surface area contributed by atoms with Crippen molar-refractivity contribution < 1.29 is 4.74 Å². The van der Waals surface area contributed by atoms with Gasteiger partial charge in [0, 0.05) is 18.2 Å². The molecule has 0 bridgehead atoms. The SMILES string of the molecule is CC(C)n1ncnc1CNC1(C)CCOC1C. The summed E-state index contributed by atoms with van der Waals surface area (Å²) in [5, 5.41) is 7.79. The maximum Gasteiger partial charge on any atom is 0.141 e. The molecule has 1 aliphatic rings. The summed E-state index contributed by atoms with van der Waals surface area (Å²) < 4.78 is 7.57. The van der Waals surface area contributed by atoms with Crippen molar-refractivity contribution in [1.82, 2.24) is 20.1 Å². The molecule has 1 aliphatic heterocycles. The highest BCUT2D eigenvalue weighted by atomic mass is 16.5. The monoisotopic (exact) mass is 238 g/mol. The van der Waals surface area contributed by atoms with E-state index in [1.165, 1.54) is 0 Å². The van der Waals surface area contributed by atoms with Crippen LogP contribution in [-0.4, -0.2) is 33.0 Å². The van der Waals surface area contributed by atoms with Crippen LogP contribution in [0.3, 0.4) is 0 Å². The maximum atomic E-state index is 5.61. The van der Waals surface area contributed by atoms with Gasteiger partial charge in [-0.25, -0.2) is 9.67 Å². The number of hydrogen-bond acceptors (Lipinski definition) is 4. The number of nitrogens with zero attached hydrogens (tertiary/aromatic N) is 3. The molecule has 96 valence electrons. The largest absolute Gasteiger partial charge is 0.377 e. The topological polar surface area (TPSA) is 52.0 Å². The van der Waals surface area contributed by atoms with Crippen molar-refractivity contribution >= 4 is 0 Å². The first-order valence-corrected chi connectivity index (χ1v) is 6.28. The first-order valence-electron chi connectivity index (χ1n) is 6.28. The van der Waals surface area contributed by atoms with Crippen molar-refractivity contribution in [2.24, 2.45) is 0 Å². The molecule has 0 aromatic carbocycles. The Morgan fingerprint density at radius 3 is 3.00 bits per heavy atom. The average Bonchev–Trinajstić information content (AvgIpc) is 2.85. The minimum atomic E-state index is 0.0494. The number of rotatable bonds is 4. The van der Waals surface area contributed by atoms with E-state index in [4.69, 9.17) is 4.74 Å². The summed E-state index contributed by atoms with van der Waals surface area (Å²) in [4.78, 5) is 4.30. The van der Waals surface area contributed by atoms with Crippen molar-refractivity contribution in [3.63, 3.8) is 0 Å². The summed E-state index contributed by atoms with van der Waals surface area (Å²) in [6.45, 7) is 10.1. The molecule has 1 aromatic heterocycles. The second kappa shape index (κ2) is 4.74. The molecule has 1 saturated heterocycles. The van der Waals surface area contributed by atoms with Gasteiger partial charge < -0.3 is 10.1 Å². The lowest BCUT2D eigenvalue weighted by Crippen LogP contribution is -2.47. The van der Waals surface area contributed by atoms with Crippen LogP contribution in [0, 0.1) is 0 Å². The van der Waals surface area contributed by atoms with E-state index in [0.717, 1.165) is 25.4 Å². The Labute approximate surface area is 103 Å². The zero-order chi connectivity index (χ0) is 12.5. The van der Waals surface area contributed by atoms with Crippen molar-refractivity contribution in [3.8, 4) is 0 Å². The van der Waals surface area contributed by atoms with Crippen LogP contribution >= 0.6 is 0 Å². The van der Waals surface area contributed by atoms with Crippen LogP contribution in [0.2, 0.25) is 0 Å². The third kappa shape index (κ3) is 2.50. The third-order valence-electron chi connectivity index (χ3n) is 3.67. The van der Waals surface area contributed by atoms with Gasteiger partial charge in [-0.2, -0.15) is 5.10 Å². The fourth-order valence-corrected chi connectivity index (χ4v) is 2.18. The summed E-state index contributed by atoms with van der Waals surface area (Å²) in [5.41, 5.74) is 0.0494. The van der Waals surface area contributed by atoms with Crippen LogP contribution in [0.15, 0.2) is 6.33 Å². The highest BCUT2D eigenvalue weighted by Gasteiger charge is 2.36. The van der Waals surface area contributed by atoms with E-state index in [-0.39, 0.29) is 11.6 Å². The van der Waals surface area contributed by atoms with Gasteiger partial charge in [0.1, 0.15) is 12.2 Å². The normalized spacial score (nSPS) is 29.1. The zero-order valence-corrected chi connectivity index (χ0v) is 11.1. The molecule has 2 heterocycles. The van der Waals surface area contributed by atoms with Crippen LogP contribution in [-0.2, 0) is 11.3 Å². The number of aromatic nitrogens is 3. The van der Waals surface area contributed by atoms with Gasteiger partial charge >= 0.3 is 0 Å². The van der Waals surface area contributed by atoms with Gasteiger partial charge in [0.15, 0.2) is 0 Å². The summed E-state index contributed by atoms with van der Waals surface area (Å²) in [6.07, 6.45) is 2.91. The van der Waals surface area contributed by atoms with Gasteiger partial charge in [0.05, 0.1) is 12.6 Å². The fraction of sp³-hybridized carbons (Fsp3) is 0.833. The van der Waals surface area contributed by atoms with E-state index in [9.17, 15) is 0 Å². The minimum absolute atomic E-state index is 0.0494. The first kappa shape index (κ1) is 12.5. The molecule has 2 atom stereocenters. The molecule has 5 heteroatoms. The Hall–Kier alpha value is -0.940. The van der Waals surface area contributed by atoms with Crippen molar-refractivity contribution in [2.75, 3.05) is 6.61 Å². The van der Waals surface area contributed by atoms with Crippen molar-refractivity contribution in [3.05, 3.63) is 12.2 Å². The van der Waals surface area contributed by atoms with E-state index in [1.807, 2.05) is 4.68 Å².